The van der Waals surface area contributed by atoms with Crippen LogP contribution in [-0.4, -0.2) is 46.3 Å². The van der Waals surface area contributed by atoms with Gasteiger partial charge in [-0.25, -0.2) is 0 Å². The minimum atomic E-state index is -1.72. The summed E-state index contributed by atoms with van der Waals surface area (Å²) in [6.45, 7) is 5.35. The highest BCUT2D eigenvalue weighted by Crippen LogP contribution is 2.49. The standard InChI is InChI=1S/C14H17NO5/c1-4-5-9-6-7-10(16)12(18)14(9)11(17)8(2)15(20-3)13(14)19/h4-7,9,11-12,17-18H,2H2,1,3H3/b5-4+/t9-,11+,12+,14+/m1/s1. The van der Waals surface area contributed by atoms with Crippen molar-refractivity contribution in [2.45, 2.75) is 19.1 Å². The normalized spacial score (nSPS) is 37.7. The number of hydroxylamine groups is 2. The Kier molecular flexibility index (Phi) is 3.64. The van der Waals surface area contributed by atoms with E-state index in [1.807, 2.05) is 0 Å². The minimum Gasteiger partial charge on any atom is -0.386 e. The first-order chi connectivity index (χ1) is 9.42. The fraction of sp³-hybridized carbons (Fsp3) is 0.429. The molecule has 1 aliphatic heterocycles. The van der Waals surface area contributed by atoms with E-state index in [9.17, 15) is 19.8 Å². The quantitative estimate of drug-likeness (QED) is 0.692. The maximum absolute atomic E-state index is 12.6. The van der Waals surface area contributed by atoms with Gasteiger partial charge in [0, 0.05) is 5.92 Å². The van der Waals surface area contributed by atoms with Crippen molar-refractivity contribution >= 4 is 11.7 Å². The molecule has 0 radical (unpaired) electrons. The molecule has 1 spiro atoms. The molecule has 0 aromatic rings. The molecule has 0 bridgehead atoms. The summed E-state index contributed by atoms with van der Waals surface area (Å²) in [6, 6.07) is 0. The van der Waals surface area contributed by atoms with Gasteiger partial charge in [0.15, 0.2) is 5.78 Å². The highest BCUT2D eigenvalue weighted by molar-refractivity contribution is 6.03. The van der Waals surface area contributed by atoms with Crippen LogP contribution in [0.15, 0.2) is 36.6 Å². The Bertz CT molecular complexity index is 524. The topological polar surface area (TPSA) is 87.1 Å². The van der Waals surface area contributed by atoms with Gasteiger partial charge in [-0.05, 0) is 13.0 Å². The van der Waals surface area contributed by atoms with Gasteiger partial charge in [0.2, 0.25) is 0 Å². The van der Waals surface area contributed by atoms with Crippen molar-refractivity contribution in [3.05, 3.63) is 36.6 Å². The summed E-state index contributed by atoms with van der Waals surface area (Å²) in [5, 5.41) is 21.5. The Hall–Kier alpha value is -1.76. The van der Waals surface area contributed by atoms with Gasteiger partial charge in [-0.3, -0.25) is 14.4 Å². The molecule has 0 aromatic carbocycles. The lowest BCUT2D eigenvalue weighted by molar-refractivity contribution is -0.177. The Balaban J connectivity index is 2.64. The number of allylic oxidation sites excluding steroid dienone is 3. The third-order valence-electron chi connectivity index (χ3n) is 3.91. The summed E-state index contributed by atoms with van der Waals surface area (Å²) in [5.41, 5.74) is -1.71. The van der Waals surface area contributed by atoms with Gasteiger partial charge in [-0.1, -0.05) is 24.8 Å². The zero-order valence-electron chi connectivity index (χ0n) is 11.3. The van der Waals surface area contributed by atoms with Gasteiger partial charge in [-0.2, -0.15) is 5.06 Å². The zero-order chi connectivity index (χ0) is 15.1. The molecule has 2 rings (SSSR count). The highest BCUT2D eigenvalue weighted by Gasteiger charge is 2.66. The maximum Gasteiger partial charge on any atom is 0.263 e. The van der Waals surface area contributed by atoms with Crippen molar-refractivity contribution in [2.75, 3.05) is 7.11 Å². The third-order valence-corrected chi connectivity index (χ3v) is 3.91. The first kappa shape index (κ1) is 14.6. The zero-order valence-corrected chi connectivity index (χ0v) is 11.3. The second-order valence-electron chi connectivity index (χ2n) is 4.82. The van der Waals surface area contributed by atoms with Crippen molar-refractivity contribution in [3.8, 4) is 0 Å². The molecule has 1 heterocycles. The number of aliphatic hydroxyl groups excluding tert-OH is 2. The van der Waals surface area contributed by atoms with Gasteiger partial charge in [-0.15, -0.1) is 0 Å². The molecular formula is C14H17NO5. The highest BCUT2D eigenvalue weighted by atomic mass is 16.7. The molecule has 1 fully saturated rings. The van der Waals surface area contributed by atoms with Crippen molar-refractivity contribution < 1.29 is 24.6 Å². The van der Waals surface area contributed by atoms with Gasteiger partial charge in [0.1, 0.15) is 17.6 Å². The van der Waals surface area contributed by atoms with Gasteiger partial charge in [0.05, 0.1) is 12.8 Å². The summed E-state index contributed by atoms with van der Waals surface area (Å²) in [5.74, 6) is -1.92. The van der Waals surface area contributed by atoms with E-state index in [-0.39, 0.29) is 5.70 Å². The lowest BCUT2D eigenvalue weighted by Crippen LogP contribution is -2.57. The van der Waals surface area contributed by atoms with E-state index in [1.165, 1.54) is 19.3 Å². The summed E-state index contributed by atoms with van der Waals surface area (Å²) < 4.78 is 0. The molecule has 1 amide bonds. The fourth-order valence-electron chi connectivity index (χ4n) is 2.90. The smallest absolute Gasteiger partial charge is 0.263 e. The SMILES string of the molecule is C=C1[C@H](O)[C@@]2(C(=O)N1OC)[C@H](/C=C/C)C=CC(=O)[C@@H]2O. The predicted molar refractivity (Wildman–Crippen MR) is 69.9 cm³/mol. The number of rotatable bonds is 2. The summed E-state index contributed by atoms with van der Waals surface area (Å²) in [7, 11) is 1.26. The van der Waals surface area contributed by atoms with Crippen LogP contribution in [0.3, 0.4) is 0 Å². The van der Waals surface area contributed by atoms with E-state index in [2.05, 4.69) is 6.58 Å². The van der Waals surface area contributed by atoms with E-state index in [1.54, 1.807) is 19.1 Å². The van der Waals surface area contributed by atoms with Crippen LogP contribution in [0.2, 0.25) is 0 Å². The van der Waals surface area contributed by atoms with Crippen LogP contribution in [0.4, 0.5) is 0 Å². The summed E-state index contributed by atoms with van der Waals surface area (Å²) in [4.78, 5) is 29.3. The molecular weight excluding hydrogens is 262 g/mol. The van der Waals surface area contributed by atoms with Crippen LogP contribution in [0.25, 0.3) is 0 Å². The second-order valence-corrected chi connectivity index (χ2v) is 4.82. The van der Waals surface area contributed by atoms with Gasteiger partial charge < -0.3 is 10.2 Å². The van der Waals surface area contributed by atoms with E-state index < -0.39 is 35.2 Å². The first-order valence-electron chi connectivity index (χ1n) is 6.21. The summed E-state index contributed by atoms with van der Waals surface area (Å²) in [6.07, 6.45) is 3.02. The van der Waals surface area contributed by atoms with E-state index in [4.69, 9.17) is 4.84 Å². The third kappa shape index (κ3) is 1.62. The number of hydrogen-bond donors (Lipinski definition) is 2. The lowest BCUT2D eigenvalue weighted by atomic mass is 9.64. The summed E-state index contributed by atoms with van der Waals surface area (Å²) >= 11 is 0. The number of amides is 1. The molecule has 0 unspecified atom stereocenters. The number of carbonyl (C=O) groups excluding carboxylic acids is 2. The van der Waals surface area contributed by atoms with Gasteiger partial charge in [0.25, 0.3) is 5.91 Å². The molecule has 20 heavy (non-hydrogen) atoms. The average molecular weight is 279 g/mol. The molecule has 0 saturated carbocycles. The first-order valence-corrected chi connectivity index (χ1v) is 6.21. The predicted octanol–water partition coefficient (Wildman–Crippen LogP) is -0.0569. The molecule has 2 aliphatic rings. The van der Waals surface area contributed by atoms with Gasteiger partial charge >= 0.3 is 0 Å². The van der Waals surface area contributed by atoms with E-state index >= 15 is 0 Å². The molecule has 6 heteroatoms. The lowest BCUT2D eigenvalue weighted by Gasteiger charge is -2.39. The monoisotopic (exact) mass is 279 g/mol. The van der Waals surface area contributed by atoms with Crippen molar-refractivity contribution in [3.63, 3.8) is 0 Å². The Labute approximate surface area is 116 Å². The van der Waals surface area contributed by atoms with Crippen LogP contribution in [0.1, 0.15) is 6.92 Å². The molecule has 0 aromatic heterocycles. The second kappa shape index (κ2) is 4.97. The molecule has 2 N–H and O–H groups in total. The molecule has 1 saturated heterocycles. The van der Waals surface area contributed by atoms with E-state index in [0.717, 1.165) is 5.06 Å². The minimum absolute atomic E-state index is 0.00848. The van der Waals surface area contributed by atoms with E-state index in [0.29, 0.717) is 0 Å². The molecule has 4 atom stereocenters. The fourth-order valence-corrected chi connectivity index (χ4v) is 2.90. The van der Waals surface area contributed by atoms with Crippen LogP contribution in [0.5, 0.6) is 0 Å². The number of aliphatic hydroxyl groups is 2. The van der Waals surface area contributed by atoms with Crippen molar-refractivity contribution in [1.82, 2.24) is 5.06 Å². The molecule has 108 valence electrons. The van der Waals surface area contributed by atoms with Crippen molar-refractivity contribution in [2.24, 2.45) is 11.3 Å². The average Bonchev–Trinajstić information content (AvgIpc) is 2.61. The van der Waals surface area contributed by atoms with Crippen LogP contribution in [0, 0.1) is 11.3 Å². The Morgan fingerprint density at radius 2 is 2.05 bits per heavy atom. The Morgan fingerprint density at radius 1 is 1.40 bits per heavy atom. The van der Waals surface area contributed by atoms with Crippen LogP contribution < -0.4 is 0 Å². The molecule has 6 nitrogen and oxygen atoms in total. The number of hydrogen-bond acceptors (Lipinski definition) is 5. The maximum atomic E-state index is 12.6. The van der Waals surface area contributed by atoms with Crippen LogP contribution in [-0.2, 0) is 14.4 Å². The number of ketones is 1. The largest absolute Gasteiger partial charge is 0.386 e. The molecule has 1 aliphatic carbocycles. The number of nitrogens with zero attached hydrogens (tertiary/aromatic N) is 1. The Morgan fingerprint density at radius 3 is 2.55 bits per heavy atom. The van der Waals surface area contributed by atoms with Crippen molar-refractivity contribution in [1.29, 1.82) is 0 Å². The number of carbonyl (C=O) groups is 2. The van der Waals surface area contributed by atoms with Crippen LogP contribution >= 0.6 is 0 Å².